The molecule has 13 nitrogen and oxygen atoms in total. The van der Waals surface area contributed by atoms with Crippen LogP contribution in [0.3, 0.4) is 0 Å². The van der Waals surface area contributed by atoms with E-state index in [4.69, 9.17) is 8.83 Å². The van der Waals surface area contributed by atoms with Gasteiger partial charge in [0.05, 0.1) is 11.0 Å². The number of piperidine rings is 2. The van der Waals surface area contributed by atoms with E-state index in [0.717, 1.165) is 75.0 Å². The Kier molecular flexibility index (Phi) is 6.70. The minimum Gasteiger partial charge on any atom is -0.422 e. The van der Waals surface area contributed by atoms with Crippen LogP contribution in [0.2, 0.25) is 0 Å². The maximum Gasteiger partial charge on any atom is 0.300 e. The van der Waals surface area contributed by atoms with Crippen LogP contribution in [-0.4, -0.2) is 99.1 Å². The SMILES string of the molecule is Cc1ccc2oc(N3CCN4CCC3CC4)nc2n1.Cc1nc2nc(N3CCN4CCC3CC4)oc2cc1[N+](=O)[O-]. The number of aryl methyl sites for hydroxylation is 2. The van der Waals surface area contributed by atoms with E-state index in [-0.39, 0.29) is 5.69 Å². The summed E-state index contributed by atoms with van der Waals surface area (Å²) in [5.74, 6) is 0. The van der Waals surface area contributed by atoms with Gasteiger partial charge in [0.15, 0.2) is 11.2 Å². The van der Waals surface area contributed by atoms with Gasteiger partial charge < -0.3 is 28.4 Å². The Balaban J connectivity index is 0.000000136. The molecule has 0 saturated carbocycles. The number of anilines is 2. The highest BCUT2D eigenvalue weighted by molar-refractivity contribution is 5.74. The number of rotatable bonds is 3. The normalized spacial score (nSPS) is 25.7. The van der Waals surface area contributed by atoms with Crippen molar-refractivity contribution in [2.24, 2.45) is 0 Å². The number of hydrogen-bond donors (Lipinski definition) is 0. The number of nitrogens with zero attached hydrogens (tertiary/aromatic N) is 9. The molecule has 4 aromatic heterocycles. The molecule has 0 aliphatic carbocycles. The molecule has 0 amide bonds. The fourth-order valence-corrected chi connectivity index (χ4v) is 6.54. The Bertz CT molecular complexity index is 1570. The van der Waals surface area contributed by atoms with E-state index in [1.54, 1.807) is 6.92 Å². The molecule has 6 aliphatic rings. The third kappa shape index (κ3) is 5.08. The lowest BCUT2D eigenvalue weighted by Gasteiger charge is -2.30. The first-order chi connectivity index (χ1) is 19.9. The molecule has 0 N–H and O–H groups in total. The van der Waals surface area contributed by atoms with Gasteiger partial charge in [-0.25, -0.2) is 9.97 Å². The summed E-state index contributed by atoms with van der Waals surface area (Å²) < 4.78 is 11.7. The van der Waals surface area contributed by atoms with Crippen LogP contribution in [0.15, 0.2) is 27.0 Å². The summed E-state index contributed by atoms with van der Waals surface area (Å²) in [6.45, 7) is 12.2. The fourth-order valence-electron chi connectivity index (χ4n) is 6.54. The molecule has 6 aliphatic heterocycles. The maximum absolute atomic E-state index is 11.0. The van der Waals surface area contributed by atoms with Gasteiger partial charge >= 0.3 is 0 Å². The van der Waals surface area contributed by atoms with Crippen molar-refractivity contribution in [3.8, 4) is 0 Å². The van der Waals surface area contributed by atoms with Crippen LogP contribution in [0.1, 0.15) is 37.1 Å². The standard InChI is InChI=1S/C14H17N5O3.C14H18N4O/c1-9-11(19(20)21)8-12-13(15-9)16-14(22-12)18-7-6-17-4-2-10(18)3-5-17;1-10-2-3-12-13(15-10)16-14(19-12)18-9-8-17-6-4-11(18)5-7-17/h8,10H,2-7H2,1H3;2-3,11H,4-9H2,1H3. The zero-order valence-electron chi connectivity index (χ0n) is 23.5. The highest BCUT2D eigenvalue weighted by Gasteiger charge is 2.33. The van der Waals surface area contributed by atoms with Crippen LogP contribution in [0, 0.1) is 24.0 Å². The molecule has 0 unspecified atom stereocenters. The van der Waals surface area contributed by atoms with Gasteiger partial charge in [0.25, 0.3) is 17.7 Å². The van der Waals surface area contributed by atoms with Crippen molar-refractivity contribution in [1.82, 2.24) is 29.7 Å². The summed E-state index contributed by atoms with van der Waals surface area (Å²) in [6.07, 6.45) is 4.63. The van der Waals surface area contributed by atoms with E-state index in [1.807, 2.05) is 19.1 Å². The smallest absolute Gasteiger partial charge is 0.300 e. The van der Waals surface area contributed by atoms with E-state index >= 15 is 0 Å². The number of fused-ring (bicyclic) bond motifs is 10. The number of aromatic nitrogens is 4. The van der Waals surface area contributed by atoms with E-state index < -0.39 is 4.92 Å². The predicted molar refractivity (Wildman–Crippen MR) is 153 cm³/mol. The molecular weight excluding hydrogens is 526 g/mol. The topological polar surface area (TPSA) is 134 Å². The Labute approximate surface area is 237 Å². The summed E-state index contributed by atoms with van der Waals surface area (Å²) in [6, 6.07) is 7.66. The molecule has 0 aromatic carbocycles. The minimum atomic E-state index is -0.440. The average molecular weight is 562 g/mol. The van der Waals surface area contributed by atoms with E-state index in [2.05, 4.69) is 39.5 Å². The van der Waals surface area contributed by atoms with E-state index in [1.165, 1.54) is 32.0 Å². The highest BCUT2D eigenvalue weighted by Crippen LogP contribution is 2.31. The third-order valence-electron chi connectivity index (χ3n) is 8.91. The van der Waals surface area contributed by atoms with Crippen LogP contribution in [0.5, 0.6) is 0 Å². The van der Waals surface area contributed by atoms with Gasteiger partial charge in [-0.1, -0.05) is 0 Å². The molecule has 41 heavy (non-hydrogen) atoms. The zero-order valence-corrected chi connectivity index (χ0v) is 23.5. The average Bonchev–Trinajstić information content (AvgIpc) is 3.24. The first kappa shape index (κ1) is 26.1. The Morgan fingerprint density at radius 3 is 1.83 bits per heavy atom. The number of nitro groups is 1. The van der Waals surface area contributed by atoms with Gasteiger partial charge in [-0.2, -0.15) is 9.97 Å². The number of pyridine rings is 2. The fraction of sp³-hybridized carbons (Fsp3) is 0.571. The van der Waals surface area contributed by atoms with Gasteiger partial charge in [0.2, 0.25) is 11.3 Å². The summed E-state index contributed by atoms with van der Waals surface area (Å²) in [5, 5.41) is 11.0. The lowest BCUT2D eigenvalue weighted by molar-refractivity contribution is -0.385. The van der Waals surface area contributed by atoms with Crippen LogP contribution >= 0.6 is 0 Å². The lowest BCUT2D eigenvalue weighted by atomic mass is 10.1. The summed E-state index contributed by atoms with van der Waals surface area (Å²) in [4.78, 5) is 37.8. The maximum atomic E-state index is 11.0. The summed E-state index contributed by atoms with van der Waals surface area (Å²) >= 11 is 0. The Hall–Kier alpha value is -3.84. The molecule has 0 spiro atoms. The van der Waals surface area contributed by atoms with Gasteiger partial charge in [-0.15, -0.1) is 0 Å². The van der Waals surface area contributed by atoms with Gasteiger partial charge in [0.1, 0.15) is 5.69 Å². The Morgan fingerprint density at radius 1 is 0.732 bits per heavy atom. The van der Waals surface area contributed by atoms with Gasteiger partial charge in [0, 0.05) is 70.1 Å². The largest absolute Gasteiger partial charge is 0.422 e. The van der Waals surface area contributed by atoms with E-state index in [0.29, 0.717) is 35.0 Å². The van der Waals surface area contributed by atoms with Crippen molar-refractivity contribution >= 4 is 40.2 Å². The lowest BCUT2D eigenvalue weighted by Crippen LogP contribution is -2.38. The molecule has 0 radical (unpaired) electrons. The molecule has 10 rings (SSSR count). The minimum absolute atomic E-state index is 0.0295. The monoisotopic (exact) mass is 561 g/mol. The predicted octanol–water partition coefficient (Wildman–Crippen LogP) is 3.54. The molecule has 6 saturated heterocycles. The Morgan fingerprint density at radius 2 is 1.27 bits per heavy atom. The first-order valence-corrected chi connectivity index (χ1v) is 14.6. The quantitative estimate of drug-likeness (QED) is 0.267. The summed E-state index contributed by atoms with van der Waals surface area (Å²) in [7, 11) is 0. The van der Waals surface area contributed by atoms with Crippen molar-refractivity contribution in [2.45, 2.75) is 51.6 Å². The molecule has 4 bridgehead atoms. The van der Waals surface area contributed by atoms with Crippen molar-refractivity contribution in [1.29, 1.82) is 0 Å². The zero-order chi connectivity index (χ0) is 28.1. The first-order valence-electron chi connectivity index (χ1n) is 14.6. The second kappa shape index (κ2) is 10.5. The molecule has 4 aromatic rings. The van der Waals surface area contributed by atoms with E-state index in [9.17, 15) is 10.1 Å². The molecular formula is C28H35N9O4. The van der Waals surface area contributed by atoms with Crippen molar-refractivity contribution in [3.05, 3.63) is 39.7 Å². The second-order valence-corrected chi connectivity index (χ2v) is 11.5. The second-order valence-electron chi connectivity index (χ2n) is 11.5. The van der Waals surface area contributed by atoms with Crippen molar-refractivity contribution in [2.75, 3.05) is 62.2 Å². The molecule has 6 fully saturated rings. The third-order valence-corrected chi connectivity index (χ3v) is 8.91. The van der Waals surface area contributed by atoms with Crippen LogP contribution in [0.4, 0.5) is 17.7 Å². The van der Waals surface area contributed by atoms with Crippen LogP contribution in [-0.2, 0) is 0 Å². The summed E-state index contributed by atoms with van der Waals surface area (Å²) in [5.41, 5.74) is 3.66. The van der Waals surface area contributed by atoms with Gasteiger partial charge in [-0.05, 0) is 51.7 Å². The van der Waals surface area contributed by atoms with Crippen molar-refractivity contribution in [3.63, 3.8) is 0 Å². The molecule has 10 heterocycles. The number of hydrogen-bond acceptors (Lipinski definition) is 12. The van der Waals surface area contributed by atoms with Crippen LogP contribution < -0.4 is 9.80 Å². The van der Waals surface area contributed by atoms with Crippen molar-refractivity contribution < 1.29 is 13.8 Å². The van der Waals surface area contributed by atoms with Gasteiger partial charge in [-0.3, -0.25) is 10.1 Å². The van der Waals surface area contributed by atoms with Crippen LogP contribution in [0.25, 0.3) is 22.5 Å². The molecule has 0 atom stereocenters. The highest BCUT2D eigenvalue weighted by atomic mass is 16.6. The number of oxazole rings is 2. The molecule has 13 heteroatoms. The molecule has 216 valence electrons.